The highest BCUT2D eigenvalue weighted by molar-refractivity contribution is 9.11. The van der Waals surface area contributed by atoms with E-state index >= 15 is 0 Å². The van der Waals surface area contributed by atoms with Crippen LogP contribution in [0.1, 0.15) is 21.5 Å². The van der Waals surface area contributed by atoms with E-state index in [1.165, 1.54) is 0 Å². The summed E-state index contributed by atoms with van der Waals surface area (Å²) in [6.45, 7) is 0.378. The highest BCUT2D eigenvalue weighted by Gasteiger charge is 2.09. The third-order valence-corrected chi connectivity index (χ3v) is 3.80. The molecule has 0 bridgehead atoms. The second-order valence-corrected chi connectivity index (χ2v) is 5.74. The van der Waals surface area contributed by atoms with E-state index in [-0.39, 0.29) is 0 Å². The number of carbonyl (C=O) groups excluding carboxylic acids is 1. The monoisotopic (exact) mass is 393 g/mol. The maximum atomic E-state index is 10.8. The Morgan fingerprint density at radius 3 is 2.25 bits per heavy atom. The molecule has 0 amide bonds. The number of aldehydes is 1. The highest BCUT2D eigenvalue weighted by atomic mass is 79.9. The van der Waals surface area contributed by atoms with E-state index in [2.05, 4.69) is 37.9 Å². The van der Waals surface area contributed by atoms with Gasteiger partial charge in [0, 0.05) is 5.56 Å². The van der Waals surface area contributed by atoms with Gasteiger partial charge in [0.15, 0.2) is 0 Å². The third-order valence-electron chi connectivity index (χ3n) is 2.62. The molecular weight excluding hydrogens is 386 g/mol. The number of benzene rings is 2. The van der Waals surface area contributed by atoms with Crippen LogP contribution >= 0.6 is 31.9 Å². The van der Waals surface area contributed by atoms with Gasteiger partial charge >= 0.3 is 0 Å². The molecule has 0 heterocycles. The van der Waals surface area contributed by atoms with Crippen LogP contribution in [-0.4, -0.2) is 6.29 Å². The molecule has 0 N–H and O–H groups in total. The number of halogens is 2. The second-order valence-electron chi connectivity index (χ2n) is 4.03. The van der Waals surface area contributed by atoms with Crippen LogP contribution in [0.4, 0.5) is 0 Å². The van der Waals surface area contributed by atoms with E-state index < -0.39 is 0 Å². The van der Waals surface area contributed by atoms with Gasteiger partial charge in [-0.2, -0.15) is 5.26 Å². The maximum Gasteiger partial charge on any atom is 0.150 e. The Kier molecular flexibility index (Phi) is 4.94. The first-order valence-corrected chi connectivity index (χ1v) is 7.28. The first kappa shape index (κ1) is 14.8. The molecule has 2 rings (SSSR count). The minimum atomic E-state index is 0.378. The van der Waals surface area contributed by atoms with Crippen molar-refractivity contribution in [3.8, 4) is 11.8 Å². The van der Waals surface area contributed by atoms with Crippen molar-refractivity contribution in [3.63, 3.8) is 0 Å². The Bertz CT molecular complexity index is 652. The molecule has 0 atom stereocenters. The van der Waals surface area contributed by atoms with Crippen LogP contribution in [0, 0.1) is 11.3 Å². The van der Waals surface area contributed by atoms with Crippen LogP contribution in [0.25, 0.3) is 0 Å². The molecule has 100 valence electrons. The zero-order valence-corrected chi connectivity index (χ0v) is 13.4. The summed E-state index contributed by atoms with van der Waals surface area (Å²) in [5.74, 6) is 0.639. The quantitative estimate of drug-likeness (QED) is 0.718. The number of carbonyl (C=O) groups is 1. The molecule has 0 aromatic heterocycles. The van der Waals surface area contributed by atoms with Crippen molar-refractivity contribution in [2.24, 2.45) is 0 Å². The fourth-order valence-corrected chi connectivity index (χ4v) is 3.07. The van der Waals surface area contributed by atoms with Crippen molar-refractivity contribution >= 4 is 38.1 Å². The van der Waals surface area contributed by atoms with Crippen molar-refractivity contribution in [2.75, 3.05) is 0 Å². The molecular formula is C15H9Br2NO2. The lowest BCUT2D eigenvalue weighted by molar-refractivity contribution is 0.112. The van der Waals surface area contributed by atoms with Gasteiger partial charge in [0.1, 0.15) is 18.6 Å². The molecule has 0 fully saturated rings. The largest absolute Gasteiger partial charge is 0.487 e. The van der Waals surface area contributed by atoms with E-state index in [1.54, 1.807) is 24.3 Å². The zero-order valence-electron chi connectivity index (χ0n) is 10.3. The molecule has 0 saturated heterocycles. The van der Waals surface area contributed by atoms with Crippen LogP contribution in [0.5, 0.6) is 5.75 Å². The summed E-state index contributed by atoms with van der Waals surface area (Å²) in [5.41, 5.74) is 2.14. The molecule has 3 nitrogen and oxygen atoms in total. The minimum absolute atomic E-state index is 0.378. The topological polar surface area (TPSA) is 50.1 Å². The molecule has 0 radical (unpaired) electrons. The molecule has 0 saturated carbocycles. The molecule has 5 heteroatoms. The Hall–Kier alpha value is -1.64. The Morgan fingerprint density at radius 2 is 1.75 bits per heavy atom. The molecule has 0 aliphatic carbocycles. The number of rotatable bonds is 4. The second kappa shape index (κ2) is 6.69. The average molecular weight is 395 g/mol. The Balaban J connectivity index is 2.14. The zero-order chi connectivity index (χ0) is 14.5. The summed E-state index contributed by atoms with van der Waals surface area (Å²) < 4.78 is 7.16. The molecule has 20 heavy (non-hydrogen) atoms. The summed E-state index contributed by atoms with van der Waals surface area (Å²) in [6, 6.07) is 12.7. The summed E-state index contributed by atoms with van der Waals surface area (Å²) in [4.78, 5) is 10.8. The highest BCUT2D eigenvalue weighted by Crippen LogP contribution is 2.34. The standard InChI is InChI=1S/C15H9Br2NO2/c16-13-5-12(8-19)6-14(17)15(13)20-9-11-3-1-10(7-18)2-4-11/h1-6,8H,9H2. The predicted molar refractivity (Wildman–Crippen MR) is 82.7 cm³/mol. The minimum Gasteiger partial charge on any atom is -0.487 e. The van der Waals surface area contributed by atoms with Gasteiger partial charge in [-0.1, -0.05) is 12.1 Å². The van der Waals surface area contributed by atoms with Crippen molar-refractivity contribution < 1.29 is 9.53 Å². The van der Waals surface area contributed by atoms with Crippen LogP contribution in [0.2, 0.25) is 0 Å². The molecule has 0 spiro atoms. The molecule has 2 aromatic rings. The Morgan fingerprint density at radius 1 is 1.15 bits per heavy atom. The van der Waals surface area contributed by atoms with Crippen molar-refractivity contribution in [3.05, 3.63) is 62.0 Å². The lowest BCUT2D eigenvalue weighted by Gasteiger charge is -2.11. The number of hydrogen-bond donors (Lipinski definition) is 0. The van der Waals surface area contributed by atoms with Crippen LogP contribution in [0.3, 0.4) is 0 Å². The van der Waals surface area contributed by atoms with Gasteiger partial charge in [-0.15, -0.1) is 0 Å². The van der Waals surface area contributed by atoms with Crippen molar-refractivity contribution in [2.45, 2.75) is 6.61 Å². The summed E-state index contributed by atoms with van der Waals surface area (Å²) >= 11 is 6.76. The van der Waals surface area contributed by atoms with Gasteiger partial charge in [0.05, 0.1) is 20.6 Å². The maximum absolute atomic E-state index is 10.8. The summed E-state index contributed by atoms with van der Waals surface area (Å²) in [7, 11) is 0. The van der Waals surface area contributed by atoms with E-state index in [0.29, 0.717) is 32.4 Å². The van der Waals surface area contributed by atoms with Gasteiger partial charge in [-0.05, 0) is 61.7 Å². The van der Waals surface area contributed by atoms with Crippen LogP contribution in [0.15, 0.2) is 45.3 Å². The van der Waals surface area contributed by atoms with Crippen molar-refractivity contribution in [1.82, 2.24) is 0 Å². The summed E-state index contributed by atoms with van der Waals surface area (Å²) in [5, 5.41) is 8.74. The normalized spacial score (nSPS) is 9.85. The lowest BCUT2D eigenvalue weighted by Crippen LogP contribution is -1.97. The first-order chi connectivity index (χ1) is 9.63. The molecule has 0 unspecified atom stereocenters. The number of nitriles is 1. The van der Waals surface area contributed by atoms with Crippen LogP contribution in [-0.2, 0) is 6.61 Å². The van der Waals surface area contributed by atoms with Gasteiger partial charge in [0.2, 0.25) is 0 Å². The molecule has 0 aliphatic rings. The lowest BCUT2D eigenvalue weighted by atomic mass is 10.1. The van der Waals surface area contributed by atoms with Crippen molar-refractivity contribution in [1.29, 1.82) is 5.26 Å². The van der Waals surface area contributed by atoms with Gasteiger partial charge < -0.3 is 4.74 Å². The molecule has 2 aromatic carbocycles. The molecule has 0 aliphatic heterocycles. The number of ether oxygens (including phenoxy) is 1. The third kappa shape index (κ3) is 3.47. The summed E-state index contributed by atoms with van der Waals surface area (Å²) in [6.07, 6.45) is 0.778. The van der Waals surface area contributed by atoms with Gasteiger partial charge in [0.25, 0.3) is 0 Å². The van der Waals surface area contributed by atoms with Gasteiger partial charge in [-0.3, -0.25) is 4.79 Å². The fourth-order valence-electron chi connectivity index (χ4n) is 1.62. The van der Waals surface area contributed by atoms with Crippen LogP contribution < -0.4 is 4.74 Å². The number of hydrogen-bond acceptors (Lipinski definition) is 3. The number of nitrogens with zero attached hydrogens (tertiary/aromatic N) is 1. The fraction of sp³-hybridized carbons (Fsp3) is 0.0667. The SMILES string of the molecule is N#Cc1ccc(COc2c(Br)cc(C=O)cc2Br)cc1. The van der Waals surface area contributed by atoms with E-state index in [1.807, 2.05) is 12.1 Å². The Labute approximate surface area is 133 Å². The van der Waals surface area contributed by atoms with Gasteiger partial charge in [-0.25, -0.2) is 0 Å². The van der Waals surface area contributed by atoms with E-state index in [0.717, 1.165) is 11.8 Å². The smallest absolute Gasteiger partial charge is 0.150 e. The average Bonchev–Trinajstić information content (AvgIpc) is 2.46. The van der Waals surface area contributed by atoms with E-state index in [4.69, 9.17) is 10.00 Å². The predicted octanol–water partition coefficient (Wildman–Crippen LogP) is 4.47. The first-order valence-electron chi connectivity index (χ1n) is 5.70. The van der Waals surface area contributed by atoms with E-state index in [9.17, 15) is 4.79 Å².